The minimum absolute atomic E-state index is 0.574. The van der Waals surface area contributed by atoms with Crippen LogP contribution in [0.5, 0.6) is 0 Å². The van der Waals surface area contributed by atoms with Gasteiger partial charge >= 0.3 is 0 Å². The number of nitrogens with one attached hydrogen (secondary N) is 2. The molecule has 1 aromatic rings. The van der Waals surface area contributed by atoms with Gasteiger partial charge in [0.25, 0.3) is 0 Å². The quantitative estimate of drug-likeness (QED) is 0.363. The van der Waals surface area contributed by atoms with Gasteiger partial charge in [-0.1, -0.05) is 13.3 Å². The Morgan fingerprint density at radius 2 is 2.29 bits per heavy atom. The molecule has 1 aliphatic rings. The van der Waals surface area contributed by atoms with E-state index in [1.54, 1.807) is 11.3 Å². The molecule has 0 aromatic carbocycles. The summed E-state index contributed by atoms with van der Waals surface area (Å²) in [5.41, 5.74) is 2.84. The molecule has 2 rings (SSSR count). The van der Waals surface area contributed by atoms with E-state index < -0.39 is 0 Å². The second-order valence-corrected chi connectivity index (χ2v) is 6.26. The highest BCUT2D eigenvalue weighted by Gasteiger charge is 2.12. The molecule has 0 radical (unpaired) electrons. The molecule has 7 heteroatoms. The molecule has 1 saturated heterocycles. The molecule has 21 heavy (non-hydrogen) atoms. The highest BCUT2D eigenvalue weighted by molar-refractivity contribution is 7.80. The predicted molar refractivity (Wildman–Crippen MR) is 93.6 cm³/mol. The molecular formula is C14H22N4OS2. The van der Waals surface area contributed by atoms with Gasteiger partial charge in [-0.15, -0.1) is 11.3 Å². The molecule has 0 aliphatic carbocycles. The topological polar surface area (TPSA) is 48.9 Å². The van der Waals surface area contributed by atoms with Gasteiger partial charge in [0.2, 0.25) is 0 Å². The lowest BCUT2D eigenvalue weighted by Gasteiger charge is -2.27. The predicted octanol–water partition coefficient (Wildman–Crippen LogP) is 2.18. The molecule has 0 bridgehead atoms. The van der Waals surface area contributed by atoms with Crippen LogP contribution in [0.2, 0.25) is 0 Å². The number of rotatable bonds is 6. The van der Waals surface area contributed by atoms with Crippen molar-refractivity contribution in [2.24, 2.45) is 5.10 Å². The average molecular weight is 326 g/mol. The number of nitrogens with zero attached hydrogens (tertiary/aromatic N) is 2. The van der Waals surface area contributed by atoms with E-state index in [-0.39, 0.29) is 0 Å². The molecule has 0 unspecified atom stereocenters. The Kier molecular flexibility index (Phi) is 6.91. The molecule has 2 heterocycles. The first-order chi connectivity index (χ1) is 10.3. The average Bonchev–Trinajstić information content (AvgIpc) is 2.97. The van der Waals surface area contributed by atoms with Crippen LogP contribution in [0.25, 0.3) is 0 Å². The van der Waals surface area contributed by atoms with Crippen LogP contribution < -0.4 is 15.6 Å². The summed E-state index contributed by atoms with van der Waals surface area (Å²) in [6.45, 7) is 6.57. The molecule has 116 valence electrons. The number of hydrogen-bond donors (Lipinski definition) is 2. The molecule has 5 nitrogen and oxygen atoms in total. The van der Waals surface area contributed by atoms with Gasteiger partial charge in [-0.05, 0) is 30.8 Å². The van der Waals surface area contributed by atoms with Gasteiger partial charge in [0.1, 0.15) is 0 Å². The van der Waals surface area contributed by atoms with Crippen LogP contribution in [0.3, 0.4) is 0 Å². The van der Waals surface area contributed by atoms with Crippen LogP contribution in [0.15, 0.2) is 17.2 Å². The number of anilines is 1. The largest absolute Gasteiger partial charge is 0.378 e. The van der Waals surface area contributed by atoms with Crippen LogP contribution in [-0.4, -0.2) is 44.2 Å². The monoisotopic (exact) mass is 326 g/mol. The van der Waals surface area contributed by atoms with Gasteiger partial charge < -0.3 is 15.0 Å². The molecule has 0 amide bonds. The Hall–Kier alpha value is -1.18. The van der Waals surface area contributed by atoms with E-state index in [0.29, 0.717) is 5.11 Å². The van der Waals surface area contributed by atoms with Crippen LogP contribution >= 0.6 is 23.6 Å². The van der Waals surface area contributed by atoms with E-state index >= 15 is 0 Å². The lowest BCUT2D eigenvalue weighted by Crippen LogP contribution is -2.35. The summed E-state index contributed by atoms with van der Waals surface area (Å²) < 4.78 is 5.36. The van der Waals surface area contributed by atoms with Crippen LogP contribution in [-0.2, 0) is 4.74 Å². The van der Waals surface area contributed by atoms with Crippen molar-refractivity contribution < 1.29 is 4.74 Å². The maximum Gasteiger partial charge on any atom is 0.186 e. The summed E-state index contributed by atoms with van der Waals surface area (Å²) >= 11 is 6.87. The Morgan fingerprint density at radius 3 is 3.05 bits per heavy atom. The number of unbranched alkanes of at least 4 members (excludes halogenated alkanes) is 1. The molecule has 1 aromatic heterocycles. The van der Waals surface area contributed by atoms with Crippen molar-refractivity contribution in [1.29, 1.82) is 0 Å². The molecule has 0 spiro atoms. The molecule has 1 aliphatic heterocycles. The van der Waals surface area contributed by atoms with E-state index in [2.05, 4.69) is 39.8 Å². The molecule has 2 N–H and O–H groups in total. The Bertz CT molecular complexity index is 469. The summed E-state index contributed by atoms with van der Waals surface area (Å²) in [5, 5.41) is 9.12. The third kappa shape index (κ3) is 5.61. The number of morpholine rings is 1. The van der Waals surface area contributed by atoms with E-state index in [0.717, 1.165) is 50.6 Å². The first-order valence-electron chi connectivity index (χ1n) is 7.29. The first-order valence-corrected chi connectivity index (χ1v) is 8.51. The Labute approximate surface area is 135 Å². The van der Waals surface area contributed by atoms with Crippen molar-refractivity contribution in [3.8, 4) is 0 Å². The van der Waals surface area contributed by atoms with Crippen LogP contribution in [0.4, 0.5) is 5.00 Å². The minimum atomic E-state index is 0.574. The summed E-state index contributed by atoms with van der Waals surface area (Å²) in [6.07, 6.45) is 4.07. The second kappa shape index (κ2) is 8.96. The van der Waals surface area contributed by atoms with Gasteiger partial charge in [0.15, 0.2) is 5.11 Å². The Morgan fingerprint density at radius 1 is 1.48 bits per heavy atom. The fourth-order valence-electron chi connectivity index (χ4n) is 1.94. The summed E-state index contributed by atoms with van der Waals surface area (Å²) in [7, 11) is 0. The maximum absolute atomic E-state index is 5.36. The number of thiocarbonyl (C=S) groups is 1. The number of hydrazone groups is 1. The summed E-state index contributed by atoms with van der Waals surface area (Å²) in [5.74, 6) is 0. The molecule has 0 saturated carbocycles. The number of ether oxygens (including phenoxy) is 1. The lowest BCUT2D eigenvalue weighted by molar-refractivity contribution is 0.123. The SMILES string of the molecule is CCCCNC(=S)N/N=C\c1ccc(N2CCOCC2)s1. The van der Waals surface area contributed by atoms with Gasteiger partial charge in [-0.2, -0.15) is 5.10 Å². The fraction of sp³-hybridized carbons (Fsp3) is 0.571. The van der Waals surface area contributed by atoms with E-state index in [1.807, 2.05) is 6.21 Å². The van der Waals surface area contributed by atoms with E-state index in [1.165, 1.54) is 5.00 Å². The Balaban J connectivity index is 1.76. The second-order valence-electron chi connectivity index (χ2n) is 4.75. The van der Waals surface area contributed by atoms with Gasteiger partial charge in [-0.3, -0.25) is 5.43 Å². The van der Waals surface area contributed by atoms with Crippen molar-refractivity contribution in [2.75, 3.05) is 37.7 Å². The summed E-state index contributed by atoms with van der Waals surface area (Å²) in [6, 6.07) is 4.21. The first kappa shape index (κ1) is 16.2. The van der Waals surface area contributed by atoms with E-state index in [4.69, 9.17) is 17.0 Å². The highest BCUT2D eigenvalue weighted by atomic mass is 32.1. The van der Waals surface area contributed by atoms with Crippen molar-refractivity contribution >= 4 is 39.9 Å². The van der Waals surface area contributed by atoms with Crippen molar-refractivity contribution in [3.63, 3.8) is 0 Å². The van der Waals surface area contributed by atoms with Crippen LogP contribution in [0, 0.1) is 0 Å². The van der Waals surface area contributed by atoms with Gasteiger partial charge in [0, 0.05) is 24.5 Å². The zero-order valence-electron chi connectivity index (χ0n) is 12.3. The number of hydrogen-bond acceptors (Lipinski definition) is 5. The molecule has 0 atom stereocenters. The van der Waals surface area contributed by atoms with Gasteiger partial charge in [0.05, 0.1) is 24.4 Å². The third-order valence-electron chi connectivity index (χ3n) is 3.11. The number of thiophene rings is 1. The molecule has 1 fully saturated rings. The fourth-order valence-corrected chi connectivity index (χ4v) is 3.02. The van der Waals surface area contributed by atoms with Crippen molar-refractivity contribution in [2.45, 2.75) is 19.8 Å². The molecular weight excluding hydrogens is 304 g/mol. The smallest absolute Gasteiger partial charge is 0.186 e. The standard InChI is InChI=1S/C14H22N4OS2/c1-2-3-6-15-14(20)17-16-11-12-4-5-13(21-12)18-7-9-19-10-8-18/h4-5,11H,2-3,6-10H2,1H3,(H2,15,17,20)/b16-11-. The summed E-state index contributed by atoms with van der Waals surface area (Å²) in [4.78, 5) is 3.45. The zero-order valence-corrected chi connectivity index (χ0v) is 13.9. The third-order valence-corrected chi connectivity index (χ3v) is 4.43. The van der Waals surface area contributed by atoms with Gasteiger partial charge in [-0.25, -0.2) is 0 Å². The normalized spacial score (nSPS) is 15.4. The maximum atomic E-state index is 5.36. The van der Waals surface area contributed by atoms with Crippen molar-refractivity contribution in [3.05, 3.63) is 17.0 Å². The van der Waals surface area contributed by atoms with Crippen molar-refractivity contribution in [1.82, 2.24) is 10.7 Å². The highest BCUT2D eigenvalue weighted by Crippen LogP contribution is 2.25. The zero-order chi connectivity index (χ0) is 14.9. The van der Waals surface area contributed by atoms with E-state index in [9.17, 15) is 0 Å². The van der Waals surface area contributed by atoms with Crippen LogP contribution in [0.1, 0.15) is 24.6 Å². The lowest BCUT2D eigenvalue weighted by atomic mass is 10.3. The minimum Gasteiger partial charge on any atom is -0.378 e.